The van der Waals surface area contributed by atoms with E-state index in [1.807, 2.05) is 18.5 Å². The lowest BCUT2D eigenvalue weighted by molar-refractivity contribution is 0.0905. The van der Waals surface area contributed by atoms with Crippen LogP contribution in [0, 0.1) is 0 Å². The lowest BCUT2D eigenvalue weighted by atomic mass is 10.1. The van der Waals surface area contributed by atoms with Crippen LogP contribution in [-0.2, 0) is 27.8 Å². The van der Waals surface area contributed by atoms with Gasteiger partial charge in [-0.1, -0.05) is 12.1 Å². The molecule has 0 spiro atoms. The fourth-order valence-electron chi connectivity index (χ4n) is 3.57. The Labute approximate surface area is 180 Å². The van der Waals surface area contributed by atoms with Crippen molar-refractivity contribution in [3.05, 3.63) is 18.2 Å². The third-order valence-electron chi connectivity index (χ3n) is 5.16. The summed E-state index contributed by atoms with van der Waals surface area (Å²) in [7, 11) is -3.36. The SMILES string of the molecule is CCCS(=O)(=O)NCc1noc(-c2cnc3c(cnn3CC)c2NC2CCOCC2)n1. The zero-order valence-electron chi connectivity index (χ0n) is 17.7. The van der Waals surface area contributed by atoms with Gasteiger partial charge in [-0.25, -0.2) is 22.8 Å². The number of aryl methyl sites for hydroxylation is 1. The summed E-state index contributed by atoms with van der Waals surface area (Å²) in [6.07, 6.45) is 5.79. The van der Waals surface area contributed by atoms with Crippen molar-refractivity contribution in [1.82, 2.24) is 29.6 Å². The standard InChI is InChI=1S/C19H27N7O4S/c1-3-9-31(27,28)22-12-16-24-19(30-25-16)15-10-20-18-14(11-21-26(18)4-2)17(15)23-13-5-7-29-8-6-13/h10-11,13,22H,3-9,12H2,1-2H3,(H,20,23). The van der Waals surface area contributed by atoms with Crippen molar-refractivity contribution in [2.75, 3.05) is 24.3 Å². The van der Waals surface area contributed by atoms with Crippen LogP contribution in [0.1, 0.15) is 38.9 Å². The molecule has 168 valence electrons. The number of aromatic nitrogens is 5. The molecule has 1 saturated heterocycles. The summed E-state index contributed by atoms with van der Waals surface area (Å²) < 4.78 is 39.0. The van der Waals surface area contributed by atoms with Gasteiger partial charge in [0.2, 0.25) is 10.0 Å². The van der Waals surface area contributed by atoms with Gasteiger partial charge >= 0.3 is 0 Å². The van der Waals surface area contributed by atoms with E-state index in [4.69, 9.17) is 9.26 Å². The second-order valence-corrected chi connectivity index (χ2v) is 9.36. The smallest absolute Gasteiger partial charge is 0.261 e. The maximum absolute atomic E-state index is 11.9. The number of hydrogen-bond donors (Lipinski definition) is 2. The fraction of sp³-hybridized carbons (Fsp3) is 0.579. The Morgan fingerprint density at radius 2 is 2.03 bits per heavy atom. The Kier molecular flexibility index (Phi) is 6.49. The number of fused-ring (bicyclic) bond motifs is 1. The van der Waals surface area contributed by atoms with Crippen molar-refractivity contribution in [2.24, 2.45) is 0 Å². The van der Waals surface area contributed by atoms with Crippen LogP contribution in [-0.4, -0.2) is 58.3 Å². The van der Waals surface area contributed by atoms with Gasteiger partial charge in [-0.05, 0) is 26.2 Å². The molecule has 3 aromatic rings. The Bertz CT molecular complexity index is 1140. The maximum Gasteiger partial charge on any atom is 0.261 e. The molecular formula is C19H27N7O4S. The molecule has 0 atom stereocenters. The van der Waals surface area contributed by atoms with E-state index in [1.165, 1.54) is 0 Å². The molecule has 2 N–H and O–H groups in total. The van der Waals surface area contributed by atoms with Gasteiger partial charge in [0, 0.05) is 32.0 Å². The molecule has 1 aliphatic rings. The first-order valence-corrected chi connectivity index (χ1v) is 12.1. The molecule has 0 aliphatic carbocycles. The van der Waals surface area contributed by atoms with Crippen LogP contribution >= 0.6 is 0 Å². The van der Waals surface area contributed by atoms with Gasteiger partial charge in [0.1, 0.15) is 0 Å². The van der Waals surface area contributed by atoms with Crippen molar-refractivity contribution >= 4 is 26.7 Å². The molecule has 11 nitrogen and oxygen atoms in total. The summed E-state index contributed by atoms with van der Waals surface area (Å²) in [6, 6.07) is 0.242. The monoisotopic (exact) mass is 449 g/mol. The highest BCUT2D eigenvalue weighted by atomic mass is 32.2. The van der Waals surface area contributed by atoms with Crippen molar-refractivity contribution in [1.29, 1.82) is 0 Å². The number of nitrogens with zero attached hydrogens (tertiary/aromatic N) is 5. The number of rotatable bonds is 9. The highest BCUT2D eigenvalue weighted by Gasteiger charge is 2.22. The lowest BCUT2D eigenvalue weighted by Crippen LogP contribution is -2.28. The molecule has 12 heteroatoms. The molecule has 4 rings (SSSR count). The normalized spacial score (nSPS) is 15.5. The minimum absolute atomic E-state index is 0.0298. The summed E-state index contributed by atoms with van der Waals surface area (Å²) in [5.41, 5.74) is 2.26. The molecule has 1 fully saturated rings. The number of pyridine rings is 1. The number of hydrogen-bond acceptors (Lipinski definition) is 9. The molecule has 0 amide bonds. The van der Waals surface area contributed by atoms with Crippen molar-refractivity contribution in [3.63, 3.8) is 0 Å². The zero-order valence-corrected chi connectivity index (χ0v) is 18.5. The van der Waals surface area contributed by atoms with Crippen molar-refractivity contribution in [2.45, 2.75) is 52.2 Å². The van der Waals surface area contributed by atoms with Gasteiger partial charge in [-0.3, -0.25) is 0 Å². The molecule has 0 aromatic carbocycles. The summed E-state index contributed by atoms with van der Waals surface area (Å²) in [5, 5.41) is 12.8. The van der Waals surface area contributed by atoms with E-state index in [9.17, 15) is 8.42 Å². The van der Waals surface area contributed by atoms with E-state index >= 15 is 0 Å². The number of nitrogens with one attached hydrogen (secondary N) is 2. The van der Waals surface area contributed by atoms with Gasteiger partial charge in [-0.2, -0.15) is 10.1 Å². The van der Waals surface area contributed by atoms with Crippen LogP contribution in [0.2, 0.25) is 0 Å². The van der Waals surface area contributed by atoms with Gasteiger partial charge in [0.25, 0.3) is 5.89 Å². The first kappa shape index (κ1) is 21.7. The van der Waals surface area contributed by atoms with E-state index in [0.29, 0.717) is 31.7 Å². The summed E-state index contributed by atoms with van der Waals surface area (Å²) >= 11 is 0. The Hall–Kier alpha value is -2.57. The van der Waals surface area contributed by atoms with E-state index in [2.05, 4.69) is 30.3 Å². The summed E-state index contributed by atoms with van der Waals surface area (Å²) in [6.45, 7) is 5.91. The Balaban J connectivity index is 1.65. The van der Waals surface area contributed by atoms with Gasteiger partial charge in [-0.15, -0.1) is 0 Å². The number of anilines is 1. The maximum atomic E-state index is 11.9. The van der Waals surface area contributed by atoms with Crippen LogP contribution in [0.25, 0.3) is 22.5 Å². The first-order chi connectivity index (χ1) is 15.0. The molecular weight excluding hydrogens is 422 g/mol. The van der Waals surface area contributed by atoms with Gasteiger partial charge in [0.15, 0.2) is 11.5 Å². The van der Waals surface area contributed by atoms with Gasteiger partial charge < -0.3 is 14.6 Å². The summed E-state index contributed by atoms with van der Waals surface area (Å²) in [4.78, 5) is 8.95. The van der Waals surface area contributed by atoms with E-state index in [1.54, 1.807) is 12.4 Å². The Morgan fingerprint density at radius 1 is 1.23 bits per heavy atom. The predicted molar refractivity (Wildman–Crippen MR) is 115 cm³/mol. The molecule has 0 radical (unpaired) electrons. The van der Waals surface area contributed by atoms with Crippen LogP contribution in [0.4, 0.5) is 5.69 Å². The fourth-order valence-corrected chi connectivity index (χ4v) is 4.60. The van der Waals surface area contributed by atoms with Crippen LogP contribution in [0.15, 0.2) is 16.9 Å². The third kappa shape index (κ3) is 4.86. The molecule has 3 aromatic heterocycles. The van der Waals surface area contributed by atoms with E-state index in [0.717, 1.165) is 29.6 Å². The molecule has 0 saturated carbocycles. The number of ether oxygens (including phenoxy) is 1. The quantitative estimate of drug-likeness (QED) is 0.502. The molecule has 0 bridgehead atoms. The van der Waals surface area contributed by atoms with Crippen LogP contribution in [0.3, 0.4) is 0 Å². The van der Waals surface area contributed by atoms with Crippen LogP contribution in [0.5, 0.6) is 0 Å². The third-order valence-corrected chi connectivity index (χ3v) is 6.69. The minimum atomic E-state index is -3.36. The van der Waals surface area contributed by atoms with E-state index in [-0.39, 0.29) is 30.1 Å². The zero-order chi connectivity index (χ0) is 21.8. The van der Waals surface area contributed by atoms with Crippen LogP contribution < -0.4 is 10.0 Å². The lowest BCUT2D eigenvalue weighted by Gasteiger charge is -2.25. The summed E-state index contributed by atoms with van der Waals surface area (Å²) in [5.74, 6) is 0.591. The molecule has 0 unspecified atom stereocenters. The molecule has 1 aliphatic heterocycles. The average molecular weight is 450 g/mol. The van der Waals surface area contributed by atoms with Crippen molar-refractivity contribution in [3.8, 4) is 11.5 Å². The second-order valence-electron chi connectivity index (χ2n) is 7.43. The second kappa shape index (κ2) is 9.28. The topological polar surface area (TPSA) is 137 Å². The average Bonchev–Trinajstić information content (AvgIpc) is 3.40. The number of sulfonamides is 1. The molecule has 4 heterocycles. The highest BCUT2D eigenvalue weighted by Crippen LogP contribution is 2.34. The van der Waals surface area contributed by atoms with Gasteiger partial charge in [0.05, 0.1) is 35.1 Å². The largest absolute Gasteiger partial charge is 0.381 e. The highest BCUT2D eigenvalue weighted by molar-refractivity contribution is 7.89. The predicted octanol–water partition coefficient (Wildman–Crippen LogP) is 1.92. The minimum Gasteiger partial charge on any atom is -0.381 e. The van der Waals surface area contributed by atoms with Crippen molar-refractivity contribution < 1.29 is 17.7 Å². The van der Waals surface area contributed by atoms with E-state index < -0.39 is 10.0 Å². The Morgan fingerprint density at radius 3 is 2.77 bits per heavy atom. The first-order valence-electron chi connectivity index (χ1n) is 10.5. The molecule has 31 heavy (non-hydrogen) atoms.